The molecule has 2 nitrogen and oxygen atoms in total. The van der Waals surface area contributed by atoms with Gasteiger partial charge in [0.1, 0.15) is 0 Å². The highest BCUT2D eigenvalue weighted by atomic mass is 35.5. The predicted molar refractivity (Wildman–Crippen MR) is 85.2 cm³/mol. The predicted octanol–water partition coefficient (Wildman–Crippen LogP) is 4.57. The van der Waals surface area contributed by atoms with E-state index in [0.29, 0.717) is 22.2 Å². The lowest BCUT2D eigenvalue weighted by atomic mass is 9.65. The van der Waals surface area contributed by atoms with Crippen molar-refractivity contribution in [2.24, 2.45) is 17.1 Å². The van der Waals surface area contributed by atoms with Crippen molar-refractivity contribution in [1.29, 1.82) is 0 Å². The SMILES string of the molecule is CCC1CCC(CN)(C(O)c2cccc(Cl)c2Cl)CC1. The zero-order chi connectivity index (χ0) is 14.8. The van der Waals surface area contributed by atoms with Crippen molar-refractivity contribution in [2.75, 3.05) is 6.54 Å². The Morgan fingerprint density at radius 3 is 2.55 bits per heavy atom. The van der Waals surface area contributed by atoms with Crippen LogP contribution in [0.2, 0.25) is 10.0 Å². The number of aliphatic hydroxyl groups is 1. The number of halogens is 2. The monoisotopic (exact) mass is 315 g/mol. The van der Waals surface area contributed by atoms with E-state index in [4.69, 9.17) is 28.9 Å². The molecule has 2 rings (SSSR count). The molecule has 0 amide bonds. The molecule has 1 aromatic carbocycles. The first-order chi connectivity index (χ1) is 9.54. The van der Waals surface area contributed by atoms with Gasteiger partial charge in [0.2, 0.25) is 0 Å². The fourth-order valence-electron chi connectivity index (χ4n) is 3.31. The van der Waals surface area contributed by atoms with E-state index in [0.717, 1.165) is 31.6 Å². The second-order valence-corrected chi connectivity index (χ2v) is 6.75. The standard InChI is InChI=1S/C16H23Cl2NO/c1-2-11-6-8-16(10-19,9-7-11)15(20)12-4-3-5-13(17)14(12)18/h3-5,11,15,20H,2,6-10,19H2,1H3. The van der Waals surface area contributed by atoms with Crippen molar-refractivity contribution in [3.63, 3.8) is 0 Å². The zero-order valence-corrected chi connectivity index (χ0v) is 13.4. The van der Waals surface area contributed by atoms with Gasteiger partial charge in [-0.3, -0.25) is 0 Å². The molecular formula is C16H23Cl2NO. The zero-order valence-electron chi connectivity index (χ0n) is 11.9. The summed E-state index contributed by atoms with van der Waals surface area (Å²) in [6.07, 6.45) is 4.72. The summed E-state index contributed by atoms with van der Waals surface area (Å²) in [4.78, 5) is 0. The van der Waals surface area contributed by atoms with Gasteiger partial charge >= 0.3 is 0 Å². The largest absolute Gasteiger partial charge is 0.388 e. The molecule has 1 aromatic rings. The molecule has 0 radical (unpaired) electrons. The Kier molecular flexibility index (Phi) is 5.36. The van der Waals surface area contributed by atoms with Crippen molar-refractivity contribution >= 4 is 23.2 Å². The highest BCUT2D eigenvalue weighted by molar-refractivity contribution is 6.42. The Balaban J connectivity index is 2.25. The highest BCUT2D eigenvalue weighted by Crippen LogP contribution is 2.49. The highest BCUT2D eigenvalue weighted by Gasteiger charge is 2.41. The third-order valence-electron chi connectivity index (χ3n) is 4.94. The van der Waals surface area contributed by atoms with Crippen molar-refractivity contribution in [3.05, 3.63) is 33.8 Å². The summed E-state index contributed by atoms with van der Waals surface area (Å²) in [6.45, 7) is 2.71. The Labute approximate surface area is 131 Å². The lowest BCUT2D eigenvalue weighted by molar-refractivity contribution is -0.0102. The maximum atomic E-state index is 10.8. The molecule has 0 heterocycles. The van der Waals surface area contributed by atoms with E-state index in [1.165, 1.54) is 6.42 Å². The molecule has 1 saturated carbocycles. The molecule has 0 bridgehead atoms. The van der Waals surface area contributed by atoms with Gasteiger partial charge in [-0.25, -0.2) is 0 Å². The second kappa shape index (κ2) is 6.65. The summed E-state index contributed by atoms with van der Waals surface area (Å²) in [6, 6.07) is 5.42. The number of rotatable bonds is 4. The average molecular weight is 316 g/mol. The summed E-state index contributed by atoms with van der Waals surface area (Å²) in [5.41, 5.74) is 6.46. The number of benzene rings is 1. The number of hydrogen-bond acceptors (Lipinski definition) is 2. The molecule has 1 fully saturated rings. The molecule has 1 unspecified atom stereocenters. The quantitative estimate of drug-likeness (QED) is 0.854. The molecule has 0 aromatic heterocycles. The van der Waals surface area contributed by atoms with Gasteiger partial charge < -0.3 is 10.8 Å². The summed E-state index contributed by atoms with van der Waals surface area (Å²) in [7, 11) is 0. The normalized spacial score (nSPS) is 28.4. The third kappa shape index (κ3) is 2.99. The lowest BCUT2D eigenvalue weighted by Gasteiger charge is -2.43. The number of aliphatic hydroxyl groups excluding tert-OH is 1. The fourth-order valence-corrected chi connectivity index (χ4v) is 3.72. The lowest BCUT2D eigenvalue weighted by Crippen LogP contribution is -2.40. The van der Waals surface area contributed by atoms with Crippen LogP contribution in [0.4, 0.5) is 0 Å². The van der Waals surface area contributed by atoms with Crippen LogP contribution in [0, 0.1) is 11.3 Å². The first kappa shape index (κ1) is 16.1. The van der Waals surface area contributed by atoms with E-state index >= 15 is 0 Å². The van der Waals surface area contributed by atoms with Crippen molar-refractivity contribution in [1.82, 2.24) is 0 Å². The summed E-state index contributed by atoms with van der Waals surface area (Å²) >= 11 is 12.3. The topological polar surface area (TPSA) is 46.2 Å². The summed E-state index contributed by atoms with van der Waals surface area (Å²) in [5.74, 6) is 0.761. The van der Waals surface area contributed by atoms with E-state index in [1.54, 1.807) is 6.07 Å². The van der Waals surface area contributed by atoms with E-state index < -0.39 is 6.10 Å². The molecule has 1 aliphatic rings. The molecule has 0 spiro atoms. The Bertz CT molecular complexity index is 456. The molecule has 0 aliphatic heterocycles. The molecule has 1 atom stereocenters. The molecule has 112 valence electrons. The van der Waals surface area contributed by atoms with Gasteiger partial charge in [0.05, 0.1) is 16.1 Å². The van der Waals surface area contributed by atoms with Crippen LogP contribution in [-0.4, -0.2) is 11.7 Å². The van der Waals surface area contributed by atoms with Gasteiger partial charge in [0.15, 0.2) is 0 Å². The third-order valence-corrected chi connectivity index (χ3v) is 5.77. The Morgan fingerprint density at radius 1 is 1.35 bits per heavy atom. The molecule has 1 aliphatic carbocycles. The van der Waals surface area contributed by atoms with Crippen LogP contribution in [0.15, 0.2) is 18.2 Å². The first-order valence-corrected chi connectivity index (χ1v) is 8.11. The average Bonchev–Trinajstić information content (AvgIpc) is 2.49. The smallest absolute Gasteiger partial charge is 0.0873 e. The van der Waals surface area contributed by atoms with Crippen LogP contribution in [-0.2, 0) is 0 Å². The number of nitrogens with two attached hydrogens (primary N) is 1. The van der Waals surface area contributed by atoms with Crippen LogP contribution in [0.5, 0.6) is 0 Å². The van der Waals surface area contributed by atoms with Crippen LogP contribution >= 0.6 is 23.2 Å². The summed E-state index contributed by atoms with van der Waals surface area (Å²) in [5, 5.41) is 11.8. The van der Waals surface area contributed by atoms with Gasteiger partial charge in [-0.05, 0) is 37.7 Å². The minimum Gasteiger partial charge on any atom is -0.388 e. The van der Waals surface area contributed by atoms with Crippen molar-refractivity contribution in [3.8, 4) is 0 Å². The van der Waals surface area contributed by atoms with E-state index in [2.05, 4.69) is 6.92 Å². The molecule has 20 heavy (non-hydrogen) atoms. The van der Waals surface area contributed by atoms with Gasteiger partial charge in [-0.1, -0.05) is 48.7 Å². The maximum absolute atomic E-state index is 10.8. The van der Waals surface area contributed by atoms with Crippen LogP contribution in [0.1, 0.15) is 50.7 Å². The van der Waals surface area contributed by atoms with Gasteiger partial charge in [0.25, 0.3) is 0 Å². The van der Waals surface area contributed by atoms with Crippen molar-refractivity contribution < 1.29 is 5.11 Å². The summed E-state index contributed by atoms with van der Waals surface area (Å²) < 4.78 is 0. The van der Waals surface area contributed by atoms with E-state index in [-0.39, 0.29) is 5.41 Å². The minimum atomic E-state index is -0.642. The van der Waals surface area contributed by atoms with Crippen LogP contribution in [0.3, 0.4) is 0 Å². The van der Waals surface area contributed by atoms with Gasteiger partial charge in [0, 0.05) is 17.5 Å². The Morgan fingerprint density at radius 2 is 2.00 bits per heavy atom. The Hall–Kier alpha value is -0.280. The molecule has 3 N–H and O–H groups in total. The maximum Gasteiger partial charge on any atom is 0.0873 e. The fraction of sp³-hybridized carbons (Fsp3) is 0.625. The number of hydrogen-bond donors (Lipinski definition) is 2. The minimum absolute atomic E-state index is 0.264. The second-order valence-electron chi connectivity index (χ2n) is 5.96. The van der Waals surface area contributed by atoms with Crippen LogP contribution in [0.25, 0.3) is 0 Å². The molecular weight excluding hydrogens is 293 g/mol. The van der Waals surface area contributed by atoms with Crippen molar-refractivity contribution in [2.45, 2.75) is 45.1 Å². The molecule has 4 heteroatoms. The molecule has 0 saturated heterocycles. The van der Waals surface area contributed by atoms with Crippen LogP contribution < -0.4 is 5.73 Å². The van der Waals surface area contributed by atoms with E-state index in [1.807, 2.05) is 12.1 Å². The van der Waals surface area contributed by atoms with Gasteiger partial charge in [-0.2, -0.15) is 0 Å². The van der Waals surface area contributed by atoms with E-state index in [9.17, 15) is 5.11 Å². The van der Waals surface area contributed by atoms with Gasteiger partial charge in [-0.15, -0.1) is 0 Å². The first-order valence-electron chi connectivity index (χ1n) is 7.36.